The van der Waals surface area contributed by atoms with Gasteiger partial charge in [0.1, 0.15) is 0 Å². The van der Waals surface area contributed by atoms with Gasteiger partial charge < -0.3 is 14.8 Å². The van der Waals surface area contributed by atoms with Crippen molar-refractivity contribution in [1.82, 2.24) is 5.32 Å². The highest BCUT2D eigenvalue weighted by molar-refractivity contribution is 6.30. The summed E-state index contributed by atoms with van der Waals surface area (Å²) in [6, 6.07) is 15.0. The minimum atomic E-state index is -0.523. The zero-order valence-electron chi connectivity index (χ0n) is 18.6. The summed E-state index contributed by atoms with van der Waals surface area (Å²) in [5.74, 6) is -0.312. The molecule has 33 heavy (non-hydrogen) atoms. The molecule has 2 atom stereocenters. The molecule has 0 aromatic heterocycles. The van der Waals surface area contributed by atoms with Crippen LogP contribution < -0.4 is 14.8 Å². The predicted octanol–water partition coefficient (Wildman–Crippen LogP) is 5.16. The fourth-order valence-electron chi connectivity index (χ4n) is 4.59. The van der Waals surface area contributed by atoms with Crippen LogP contribution in [0.15, 0.2) is 65.0 Å². The molecule has 1 aliphatic heterocycles. The predicted molar refractivity (Wildman–Crippen MR) is 124 cm³/mol. The lowest BCUT2D eigenvalue weighted by Crippen LogP contribution is -2.33. The van der Waals surface area contributed by atoms with E-state index in [1.165, 1.54) is 14.0 Å². The van der Waals surface area contributed by atoms with Crippen LogP contribution in [0.3, 0.4) is 0 Å². The van der Waals surface area contributed by atoms with Crippen molar-refractivity contribution in [2.75, 3.05) is 7.11 Å². The number of carbonyl (C=O) groups is 2. The van der Waals surface area contributed by atoms with Crippen LogP contribution in [-0.4, -0.2) is 18.9 Å². The molecule has 0 saturated heterocycles. The van der Waals surface area contributed by atoms with Crippen LogP contribution in [0.1, 0.15) is 49.7 Å². The lowest BCUT2D eigenvalue weighted by atomic mass is 9.72. The van der Waals surface area contributed by atoms with Crippen molar-refractivity contribution in [1.29, 1.82) is 5.26 Å². The topological polar surface area (TPSA) is 88.4 Å². The molecule has 168 valence electrons. The molecule has 0 fully saturated rings. The van der Waals surface area contributed by atoms with Gasteiger partial charge in [-0.1, -0.05) is 29.8 Å². The normalized spacial score (nSPS) is 20.0. The number of nitrogens with zero attached hydrogens (tertiary/aromatic N) is 1. The van der Waals surface area contributed by atoms with Crippen molar-refractivity contribution in [3.63, 3.8) is 0 Å². The largest absolute Gasteiger partial charge is 0.493 e. The SMILES string of the molecule is COc1cc([C@H]2C(C#N)=C(C)NC3=C2C(=O)C[C@H](c2ccc(Cl)cc2)C3)ccc1OC(C)=O. The Bertz CT molecular complexity index is 1240. The number of ketones is 1. The molecule has 0 unspecified atom stereocenters. The first-order chi connectivity index (χ1) is 15.8. The smallest absolute Gasteiger partial charge is 0.308 e. The van der Waals surface area contributed by atoms with E-state index in [0.717, 1.165) is 16.8 Å². The molecule has 0 saturated carbocycles. The lowest BCUT2D eigenvalue weighted by Gasteiger charge is -2.35. The molecule has 6 nitrogen and oxygen atoms in total. The number of esters is 1. The fourth-order valence-corrected chi connectivity index (χ4v) is 4.72. The van der Waals surface area contributed by atoms with Crippen molar-refractivity contribution in [2.45, 2.75) is 38.5 Å². The molecule has 1 N–H and O–H groups in total. The number of hydrogen-bond acceptors (Lipinski definition) is 6. The standard InChI is InChI=1S/C26H23ClN2O4/c1-14-20(13-28)25(17-6-9-23(33-15(2)30)24(12-17)32-3)26-21(29-14)10-18(11-22(26)31)16-4-7-19(27)8-5-16/h4-9,12,18,25,29H,10-11H2,1-3H3/t18-,25+/m1/s1. The summed E-state index contributed by atoms with van der Waals surface area (Å²) in [4.78, 5) is 24.9. The number of benzene rings is 2. The summed E-state index contributed by atoms with van der Waals surface area (Å²) in [5, 5.41) is 13.9. The number of ether oxygens (including phenoxy) is 2. The van der Waals surface area contributed by atoms with E-state index < -0.39 is 11.9 Å². The maximum atomic E-state index is 13.4. The summed E-state index contributed by atoms with van der Waals surface area (Å²) in [6.07, 6.45) is 0.997. The van der Waals surface area contributed by atoms with E-state index in [9.17, 15) is 14.9 Å². The minimum absolute atomic E-state index is 0.00280. The average molecular weight is 463 g/mol. The number of rotatable bonds is 4. The fraction of sp³-hybridized carbons (Fsp3) is 0.269. The number of allylic oxidation sites excluding steroid dienone is 4. The van der Waals surface area contributed by atoms with Gasteiger partial charge in [0, 0.05) is 35.3 Å². The average Bonchev–Trinajstić information content (AvgIpc) is 2.78. The van der Waals surface area contributed by atoms with E-state index in [-0.39, 0.29) is 17.5 Å². The van der Waals surface area contributed by atoms with E-state index in [1.54, 1.807) is 18.2 Å². The van der Waals surface area contributed by atoms with Crippen molar-refractivity contribution >= 4 is 23.4 Å². The maximum Gasteiger partial charge on any atom is 0.308 e. The van der Waals surface area contributed by atoms with Gasteiger partial charge >= 0.3 is 5.97 Å². The highest BCUT2D eigenvalue weighted by atomic mass is 35.5. The van der Waals surface area contributed by atoms with Crippen LogP contribution in [-0.2, 0) is 9.59 Å². The molecule has 2 aromatic rings. The molecule has 0 amide bonds. The lowest BCUT2D eigenvalue weighted by molar-refractivity contribution is -0.132. The van der Waals surface area contributed by atoms with Crippen LogP contribution in [0, 0.1) is 11.3 Å². The van der Waals surface area contributed by atoms with Gasteiger partial charge in [-0.25, -0.2) is 0 Å². The van der Waals surface area contributed by atoms with Gasteiger partial charge in [-0.3, -0.25) is 9.59 Å². The molecule has 1 heterocycles. The Balaban J connectivity index is 1.77. The van der Waals surface area contributed by atoms with E-state index in [1.807, 2.05) is 31.2 Å². The Labute approximate surface area is 197 Å². The monoisotopic (exact) mass is 462 g/mol. The third kappa shape index (κ3) is 4.37. The van der Waals surface area contributed by atoms with E-state index in [0.29, 0.717) is 40.5 Å². The molecular formula is C26H23ClN2O4. The van der Waals surface area contributed by atoms with Gasteiger partial charge in [-0.05, 0) is 54.7 Å². The summed E-state index contributed by atoms with van der Waals surface area (Å²) >= 11 is 6.03. The first-order valence-corrected chi connectivity index (χ1v) is 11.0. The van der Waals surface area contributed by atoms with Crippen molar-refractivity contribution in [2.24, 2.45) is 0 Å². The van der Waals surface area contributed by atoms with Crippen molar-refractivity contribution in [3.8, 4) is 17.6 Å². The maximum absolute atomic E-state index is 13.4. The van der Waals surface area contributed by atoms with Crippen LogP contribution in [0.2, 0.25) is 5.02 Å². The molecule has 7 heteroatoms. The number of halogens is 1. The second-order valence-corrected chi connectivity index (χ2v) is 8.62. The Morgan fingerprint density at radius 1 is 1.12 bits per heavy atom. The second kappa shape index (κ2) is 9.13. The molecule has 0 bridgehead atoms. The first kappa shape index (κ1) is 22.6. The Kier molecular flexibility index (Phi) is 6.26. The zero-order valence-corrected chi connectivity index (χ0v) is 19.3. The second-order valence-electron chi connectivity index (χ2n) is 8.18. The van der Waals surface area contributed by atoms with Gasteiger partial charge in [0.2, 0.25) is 0 Å². The van der Waals surface area contributed by atoms with Crippen LogP contribution in [0.25, 0.3) is 0 Å². The number of hydrogen-bond donors (Lipinski definition) is 1. The summed E-state index contributed by atoms with van der Waals surface area (Å²) < 4.78 is 10.6. The number of carbonyl (C=O) groups excluding carboxylic acids is 2. The number of nitrogens with one attached hydrogen (secondary N) is 1. The van der Waals surface area contributed by atoms with Gasteiger partial charge in [-0.2, -0.15) is 5.26 Å². The number of Topliss-reactive ketones (excluding diaryl/α,β-unsaturated/α-hetero) is 1. The third-order valence-corrected chi connectivity index (χ3v) is 6.32. The number of dihydropyridines is 1. The van der Waals surface area contributed by atoms with Gasteiger partial charge in [0.15, 0.2) is 17.3 Å². The Morgan fingerprint density at radius 3 is 2.45 bits per heavy atom. The minimum Gasteiger partial charge on any atom is -0.493 e. The highest BCUT2D eigenvalue weighted by Crippen LogP contribution is 2.46. The zero-order chi connectivity index (χ0) is 23.7. The van der Waals surface area contributed by atoms with Crippen LogP contribution in [0.4, 0.5) is 0 Å². The first-order valence-electron chi connectivity index (χ1n) is 10.6. The van der Waals surface area contributed by atoms with Crippen LogP contribution >= 0.6 is 11.6 Å². The van der Waals surface area contributed by atoms with Crippen molar-refractivity contribution < 1.29 is 19.1 Å². The molecular weight excluding hydrogens is 440 g/mol. The third-order valence-electron chi connectivity index (χ3n) is 6.06. The molecule has 2 aromatic carbocycles. The molecule has 1 aliphatic carbocycles. The molecule has 4 rings (SSSR count). The summed E-state index contributed by atoms with van der Waals surface area (Å²) in [7, 11) is 1.48. The van der Waals surface area contributed by atoms with Gasteiger partial charge in [-0.15, -0.1) is 0 Å². The number of methoxy groups -OCH3 is 1. The molecule has 2 aliphatic rings. The molecule has 0 radical (unpaired) electrons. The van der Waals surface area contributed by atoms with Gasteiger partial charge in [0.25, 0.3) is 0 Å². The Morgan fingerprint density at radius 2 is 1.82 bits per heavy atom. The summed E-state index contributed by atoms with van der Waals surface area (Å²) in [5.41, 5.74) is 4.41. The Hall–Kier alpha value is -3.56. The van der Waals surface area contributed by atoms with Crippen molar-refractivity contribution in [3.05, 3.63) is 81.2 Å². The van der Waals surface area contributed by atoms with E-state index in [2.05, 4.69) is 11.4 Å². The summed E-state index contributed by atoms with van der Waals surface area (Å²) in [6.45, 7) is 3.16. The quantitative estimate of drug-likeness (QED) is 0.498. The van der Waals surface area contributed by atoms with E-state index in [4.69, 9.17) is 21.1 Å². The van der Waals surface area contributed by atoms with Gasteiger partial charge in [0.05, 0.1) is 24.7 Å². The highest BCUT2D eigenvalue weighted by Gasteiger charge is 2.39. The number of nitriles is 1. The van der Waals surface area contributed by atoms with Crippen LogP contribution in [0.5, 0.6) is 11.5 Å². The van der Waals surface area contributed by atoms with E-state index >= 15 is 0 Å². The molecule has 0 spiro atoms.